The third-order valence-corrected chi connectivity index (χ3v) is 6.14. The Morgan fingerprint density at radius 3 is 2.72 bits per heavy atom. The van der Waals surface area contributed by atoms with Crippen LogP contribution in [0.2, 0.25) is 5.02 Å². The third kappa shape index (κ3) is 3.70. The van der Waals surface area contributed by atoms with Crippen molar-refractivity contribution in [3.8, 4) is 0 Å². The van der Waals surface area contributed by atoms with E-state index in [1.165, 1.54) is 23.5 Å². The van der Waals surface area contributed by atoms with Crippen LogP contribution >= 0.6 is 34.7 Å². The average molecular weight is 405 g/mol. The first kappa shape index (κ1) is 18.3. The number of fused-ring (bicyclic) bond motifs is 1. The molecule has 1 aromatic carbocycles. The maximum absolute atomic E-state index is 12.9. The van der Waals surface area contributed by atoms with Crippen LogP contribution in [0, 0.1) is 13.8 Å². The van der Waals surface area contributed by atoms with Crippen molar-refractivity contribution in [2.24, 2.45) is 0 Å². The number of alkyl halides is 3. The van der Waals surface area contributed by atoms with E-state index in [1.807, 2.05) is 13.8 Å². The molecule has 132 valence electrons. The molecule has 2 aromatic heterocycles. The van der Waals surface area contributed by atoms with E-state index >= 15 is 0 Å². The molecular formula is C16H12ClF3N2OS2. The van der Waals surface area contributed by atoms with Gasteiger partial charge in [0.05, 0.1) is 21.7 Å². The molecule has 0 aliphatic rings. The summed E-state index contributed by atoms with van der Waals surface area (Å²) in [5.74, 6) is 0.673. The number of hydrogen-bond donors (Lipinski definition) is 1. The van der Waals surface area contributed by atoms with Crippen LogP contribution in [0.15, 0.2) is 27.9 Å². The minimum Gasteiger partial charge on any atom is -0.309 e. The van der Waals surface area contributed by atoms with Gasteiger partial charge in [-0.1, -0.05) is 11.6 Å². The van der Waals surface area contributed by atoms with Crippen LogP contribution in [-0.4, -0.2) is 9.97 Å². The van der Waals surface area contributed by atoms with Crippen molar-refractivity contribution in [3.63, 3.8) is 0 Å². The van der Waals surface area contributed by atoms with E-state index < -0.39 is 11.7 Å². The number of nitrogens with one attached hydrogen (secondary N) is 1. The molecule has 3 aromatic rings. The fraction of sp³-hybridized carbons (Fsp3) is 0.250. The third-order valence-electron chi connectivity index (χ3n) is 3.71. The summed E-state index contributed by atoms with van der Waals surface area (Å²) in [6.45, 7) is 3.79. The number of rotatable bonds is 3. The Labute approximate surface area is 154 Å². The zero-order chi connectivity index (χ0) is 18.4. The highest BCUT2D eigenvalue weighted by Gasteiger charge is 2.33. The van der Waals surface area contributed by atoms with Gasteiger partial charge in [-0.25, -0.2) is 4.98 Å². The first-order valence-corrected chi connectivity index (χ1v) is 9.33. The number of aryl methyl sites for hydroxylation is 2. The average Bonchev–Trinajstić information content (AvgIpc) is 2.80. The van der Waals surface area contributed by atoms with Gasteiger partial charge in [0.1, 0.15) is 10.7 Å². The smallest absolute Gasteiger partial charge is 0.309 e. The SMILES string of the molecule is Cc1sc2nc(CSc3ccc(Cl)c(C(F)(F)F)c3)[nH]c(=O)c2c1C. The summed E-state index contributed by atoms with van der Waals surface area (Å²) < 4.78 is 38.7. The number of hydrogen-bond acceptors (Lipinski definition) is 4. The predicted molar refractivity (Wildman–Crippen MR) is 95.7 cm³/mol. The van der Waals surface area contributed by atoms with Crippen molar-refractivity contribution in [3.05, 3.63) is 55.4 Å². The molecule has 0 saturated heterocycles. The number of aromatic nitrogens is 2. The van der Waals surface area contributed by atoms with Gasteiger partial charge in [0.25, 0.3) is 5.56 Å². The molecule has 2 heterocycles. The molecule has 0 amide bonds. The molecule has 9 heteroatoms. The summed E-state index contributed by atoms with van der Waals surface area (Å²) in [6, 6.07) is 3.74. The molecule has 0 atom stereocenters. The number of H-pyrrole nitrogens is 1. The largest absolute Gasteiger partial charge is 0.417 e. The van der Waals surface area contributed by atoms with Crippen LogP contribution in [0.4, 0.5) is 13.2 Å². The molecule has 0 aliphatic carbocycles. The normalized spacial score (nSPS) is 12.1. The van der Waals surface area contributed by atoms with Gasteiger partial charge in [-0.2, -0.15) is 13.2 Å². The number of halogens is 4. The number of aromatic amines is 1. The van der Waals surface area contributed by atoms with E-state index in [2.05, 4.69) is 9.97 Å². The van der Waals surface area contributed by atoms with Gasteiger partial charge in [0, 0.05) is 9.77 Å². The van der Waals surface area contributed by atoms with Crippen molar-refractivity contribution in [2.75, 3.05) is 0 Å². The van der Waals surface area contributed by atoms with Crippen molar-refractivity contribution in [1.29, 1.82) is 0 Å². The zero-order valence-electron chi connectivity index (χ0n) is 13.1. The Balaban J connectivity index is 1.87. The van der Waals surface area contributed by atoms with E-state index in [4.69, 9.17) is 11.6 Å². The van der Waals surface area contributed by atoms with Gasteiger partial charge in [-0.3, -0.25) is 4.79 Å². The number of thiophene rings is 1. The highest BCUT2D eigenvalue weighted by Crippen LogP contribution is 2.37. The highest BCUT2D eigenvalue weighted by molar-refractivity contribution is 7.98. The van der Waals surface area contributed by atoms with E-state index in [-0.39, 0.29) is 16.3 Å². The monoisotopic (exact) mass is 404 g/mol. The predicted octanol–water partition coefficient (Wildman–Crippen LogP) is 5.57. The molecule has 25 heavy (non-hydrogen) atoms. The molecule has 0 fully saturated rings. The minimum absolute atomic E-state index is 0.227. The molecule has 0 radical (unpaired) electrons. The van der Waals surface area contributed by atoms with Gasteiger partial charge in [0.15, 0.2) is 0 Å². The lowest BCUT2D eigenvalue weighted by atomic mass is 10.2. The summed E-state index contributed by atoms with van der Waals surface area (Å²) in [7, 11) is 0. The fourth-order valence-corrected chi connectivity index (χ4v) is 4.41. The lowest BCUT2D eigenvalue weighted by molar-refractivity contribution is -0.137. The first-order valence-electron chi connectivity index (χ1n) is 7.15. The van der Waals surface area contributed by atoms with Gasteiger partial charge in [0.2, 0.25) is 0 Å². The summed E-state index contributed by atoms with van der Waals surface area (Å²) in [5, 5.41) is 0.233. The van der Waals surface area contributed by atoms with Crippen LogP contribution in [0.5, 0.6) is 0 Å². The van der Waals surface area contributed by atoms with E-state index in [0.717, 1.165) is 28.3 Å². The van der Waals surface area contributed by atoms with Crippen LogP contribution in [0.3, 0.4) is 0 Å². The Morgan fingerprint density at radius 1 is 1.32 bits per heavy atom. The van der Waals surface area contributed by atoms with Crippen molar-refractivity contribution in [2.45, 2.75) is 30.7 Å². The van der Waals surface area contributed by atoms with Gasteiger partial charge < -0.3 is 4.98 Å². The summed E-state index contributed by atoms with van der Waals surface area (Å²) in [6.07, 6.45) is -4.51. The maximum Gasteiger partial charge on any atom is 0.417 e. The first-order chi connectivity index (χ1) is 11.7. The second kappa shape index (κ2) is 6.66. The Bertz CT molecular complexity index is 1010. The highest BCUT2D eigenvalue weighted by atomic mass is 35.5. The second-order valence-corrected chi connectivity index (χ2v) is 8.06. The fourth-order valence-electron chi connectivity index (χ4n) is 2.33. The van der Waals surface area contributed by atoms with E-state index in [9.17, 15) is 18.0 Å². The van der Waals surface area contributed by atoms with Crippen molar-refractivity contribution >= 4 is 44.9 Å². The lowest BCUT2D eigenvalue weighted by Crippen LogP contribution is -2.10. The number of benzene rings is 1. The van der Waals surface area contributed by atoms with Crippen molar-refractivity contribution < 1.29 is 13.2 Å². The quantitative estimate of drug-likeness (QED) is 0.581. The maximum atomic E-state index is 12.9. The molecule has 1 N–H and O–H groups in total. The van der Waals surface area contributed by atoms with Gasteiger partial charge in [-0.05, 0) is 37.6 Å². The lowest BCUT2D eigenvalue weighted by Gasteiger charge is -2.10. The number of thioether (sulfide) groups is 1. The second-order valence-electron chi connectivity index (χ2n) is 5.40. The number of nitrogens with zero attached hydrogens (tertiary/aromatic N) is 1. The Kier molecular flexibility index (Phi) is 4.87. The van der Waals surface area contributed by atoms with Crippen LogP contribution < -0.4 is 5.56 Å². The van der Waals surface area contributed by atoms with Gasteiger partial charge in [-0.15, -0.1) is 23.1 Å². The zero-order valence-corrected chi connectivity index (χ0v) is 15.5. The molecule has 0 saturated carbocycles. The Morgan fingerprint density at radius 2 is 2.04 bits per heavy atom. The van der Waals surface area contributed by atoms with Crippen molar-refractivity contribution in [1.82, 2.24) is 9.97 Å². The Hall–Kier alpha value is -1.51. The van der Waals surface area contributed by atoms with Crippen LogP contribution in [0.1, 0.15) is 21.8 Å². The van der Waals surface area contributed by atoms with Crippen LogP contribution in [0.25, 0.3) is 10.2 Å². The molecular weight excluding hydrogens is 393 g/mol. The molecule has 0 bridgehead atoms. The summed E-state index contributed by atoms with van der Waals surface area (Å²) >= 11 is 8.20. The molecule has 0 aliphatic heterocycles. The molecule has 0 unspecified atom stereocenters. The summed E-state index contributed by atoms with van der Waals surface area (Å²) in [4.78, 5) is 21.4. The molecule has 0 spiro atoms. The minimum atomic E-state index is -4.51. The van der Waals surface area contributed by atoms with E-state index in [1.54, 1.807) is 0 Å². The standard InChI is InChI=1S/C16H12ClF3N2OS2/c1-7-8(2)25-15-13(7)14(23)21-12(22-15)6-24-9-3-4-11(17)10(5-9)16(18,19)20/h3-5H,6H2,1-2H3,(H,21,22,23). The summed E-state index contributed by atoms with van der Waals surface area (Å²) in [5.41, 5.74) is -0.199. The van der Waals surface area contributed by atoms with Gasteiger partial charge >= 0.3 is 6.18 Å². The molecule has 3 nitrogen and oxygen atoms in total. The van der Waals surface area contributed by atoms with E-state index in [0.29, 0.717) is 20.9 Å². The molecule has 3 rings (SSSR count). The van der Waals surface area contributed by atoms with Crippen LogP contribution in [-0.2, 0) is 11.9 Å². The topological polar surface area (TPSA) is 45.8 Å².